The van der Waals surface area contributed by atoms with Crippen LogP contribution in [-0.2, 0) is 13.6 Å². The molecular formula is C20H24ClN7O2. The highest BCUT2D eigenvalue weighted by Crippen LogP contribution is 2.41. The Kier molecular flexibility index (Phi) is 5.35. The van der Waals surface area contributed by atoms with Crippen molar-refractivity contribution >= 4 is 35.2 Å². The Labute approximate surface area is 180 Å². The van der Waals surface area contributed by atoms with Crippen LogP contribution in [0.3, 0.4) is 0 Å². The molecule has 10 heteroatoms. The van der Waals surface area contributed by atoms with E-state index in [2.05, 4.69) is 48.6 Å². The maximum Gasteiger partial charge on any atom is 0.277 e. The lowest BCUT2D eigenvalue weighted by molar-refractivity contribution is 0.0119. The largest absolute Gasteiger partial charge is 0.350 e. The van der Waals surface area contributed by atoms with E-state index in [1.165, 1.54) is 28.9 Å². The summed E-state index contributed by atoms with van der Waals surface area (Å²) in [5.41, 5.74) is 4.66. The average molecular weight is 430 g/mol. The molecule has 0 unspecified atom stereocenters. The van der Waals surface area contributed by atoms with E-state index in [0.29, 0.717) is 5.95 Å². The van der Waals surface area contributed by atoms with Gasteiger partial charge in [-0.1, -0.05) is 0 Å². The van der Waals surface area contributed by atoms with Crippen LogP contribution in [0.5, 0.6) is 0 Å². The topological polar surface area (TPSA) is 99.4 Å². The first kappa shape index (κ1) is 20.5. The molecule has 0 bridgehead atoms. The minimum atomic E-state index is -0.604. The van der Waals surface area contributed by atoms with Gasteiger partial charge >= 0.3 is 0 Å². The van der Waals surface area contributed by atoms with Crippen LogP contribution in [0.1, 0.15) is 22.3 Å². The molecule has 0 radical (unpaired) electrons. The number of rotatable bonds is 4. The molecule has 5 heterocycles. The Balaban J connectivity index is 0.00000218. The van der Waals surface area contributed by atoms with Crippen molar-refractivity contribution < 1.29 is 10.0 Å². The van der Waals surface area contributed by atoms with Crippen LogP contribution in [0.15, 0.2) is 37.1 Å². The smallest absolute Gasteiger partial charge is 0.277 e. The van der Waals surface area contributed by atoms with Crippen LogP contribution >= 0.6 is 12.4 Å². The van der Waals surface area contributed by atoms with Crippen LogP contribution < -0.4 is 10.4 Å². The number of hydrogen-bond acceptors (Lipinski definition) is 7. The summed E-state index contributed by atoms with van der Waals surface area (Å²) in [6, 6.07) is 2.06. The van der Waals surface area contributed by atoms with Crippen molar-refractivity contribution in [3.05, 3.63) is 48.2 Å². The van der Waals surface area contributed by atoms with Crippen molar-refractivity contribution in [2.75, 3.05) is 31.1 Å². The van der Waals surface area contributed by atoms with Crippen LogP contribution in [0, 0.1) is 5.41 Å². The van der Waals surface area contributed by atoms with E-state index in [-0.39, 0.29) is 23.4 Å². The summed E-state index contributed by atoms with van der Waals surface area (Å²) in [7, 11) is 2.08. The molecule has 3 aromatic heterocycles. The number of likely N-dealkylation sites (tertiary alicyclic amines) is 1. The fourth-order valence-electron chi connectivity index (χ4n) is 4.73. The molecular weight excluding hydrogens is 406 g/mol. The second-order valence-corrected chi connectivity index (χ2v) is 8.19. The Bertz CT molecular complexity index is 1060. The minimum absolute atomic E-state index is 0. The molecule has 1 spiro atoms. The molecule has 1 amide bonds. The van der Waals surface area contributed by atoms with E-state index in [4.69, 9.17) is 5.21 Å². The van der Waals surface area contributed by atoms with Gasteiger partial charge in [-0.15, -0.1) is 12.4 Å². The number of halogens is 1. The molecule has 9 nitrogen and oxygen atoms in total. The number of nitrogens with zero attached hydrogens (tertiary/aromatic N) is 6. The number of nitrogens with one attached hydrogen (secondary N) is 1. The summed E-state index contributed by atoms with van der Waals surface area (Å²) in [5.74, 6) is 0.0302. The fraction of sp³-hybridized carbons (Fsp3) is 0.400. The second kappa shape index (κ2) is 7.82. The third-order valence-electron chi connectivity index (χ3n) is 6.11. The summed E-state index contributed by atoms with van der Waals surface area (Å²) in [6.45, 7) is 4.90. The SMILES string of the molecule is Cl.Cn1cc(CN2CC3(CCN(c4ncc(C(=O)NO)cn4)C3)C2)c2cnccc21. The summed E-state index contributed by atoms with van der Waals surface area (Å²) < 4.78 is 2.16. The molecule has 0 aromatic carbocycles. The summed E-state index contributed by atoms with van der Waals surface area (Å²) >= 11 is 0. The van der Waals surface area contributed by atoms with E-state index in [1.54, 1.807) is 5.48 Å². The number of aryl methyl sites for hydroxylation is 1. The zero-order valence-corrected chi connectivity index (χ0v) is 17.5. The lowest BCUT2D eigenvalue weighted by Crippen LogP contribution is -2.56. The second-order valence-electron chi connectivity index (χ2n) is 8.19. The lowest BCUT2D eigenvalue weighted by Gasteiger charge is -2.48. The molecule has 0 aliphatic carbocycles. The maximum atomic E-state index is 11.4. The van der Waals surface area contributed by atoms with Gasteiger partial charge in [-0.3, -0.25) is 19.9 Å². The van der Waals surface area contributed by atoms with Crippen LogP contribution in [0.4, 0.5) is 5.95 Å². The monoisotopic (exact) mass is 429 g/mol. The number of hydrogen-bond donors (Lipinski definition) is 2. The third-order valence-corrected chi connectivity index (χ3v) is 6.11. The molecule has 0 saturated carbocycles. The van der Waals surface area contributed by atoms with Crippen molar-refractivity contribution in [2.24, 2.45) is 12.5 Å². The van der Waals surface area contributed by atoms with Gasteiger partial charge < -0.3 is 9.47 Å². The third kappa shape index (κ3) is 3.49. The standard InChI is InChI=1S/C20H23N7O2.ClH/c1-25-9-15(16-8-21-4-2-17(16)25)10-26-11-20(12-26)3-5-27(13-20)19-22-6-14(7-23-19)18(28)24-29;/h2,4,6-9,29H,3,5,10-13H2,1H3,(H,24,28);1H. The van der Waals surface area contributed by atoms with Crippen molar-refractivity contribution in [2.45, 2.75) is 13.0 Å². The quantitative estimate of drug-likeness (QED) is 0.480. The van der Waals surface area contributed by atoms with E-state index in [9.17, 15) is 4.79 Å². The van der Waals surface area contributed by atoms with E-state index >= 15 is 0 Å². The van der Waals surface area contributed by atoms with Gasteiger partial charge in [-0.2, -0.15) is 0 Å². The molecule has 2 fully saturated rings. The van der Waals surface area contributed by atoms with Crippen LogP contribution in [0.2, 0.25) is 0 Å². The summed E-state index contributed by atoms with van der Waals surface area (Å²) in [6.07, 6.45) is 10.00. The number of anilines is 1. The summed E-state index contributed by atoms with van der Waals surface area (Å²) in [5, 5.41) is 9.92. The van der Waals surface area contributed by atoms with E-state index < -0.39 is 5.91 Å². The first-order valence-electron chi connectivity index (χ1n) is 9.69. The highest BCUT2D eigenvalue weighted by molar-refractivity contribution is 5.92. The number of fused-ring (bicyclic) bond motifs is 1. The van der Waals surface area contributed by atoms with Crippen molar-refractivity contribution in [1.82, 2.24) is 29.9 Å². The first-order chi connectivity index (χ1) is 14.1. The van der Waals surface area contributed by atoms with Gasteiger partial charge in [0.25, 0.3) is 5.91 Å². The van der Waals surface area contributed by atoms with E-state index in [1.807, 2.05) is 12.4 Å². The number of aromatic nitrogens is 4. The van der Waals surface area contributed by atoms with Crippen LogP contribution in [0.25, 0.3) is 10.9 Å². The Hall–Kier alpha value is -2.75. The minimum Gasteiger partial charge on any atom is -0.350 e. The zero-order chi connectivity index (χ0) is 20.0. The number of pyridine rings is 1. The Morgan fingerprint density at radius 3 is 2.73 bits per heavy atom. The predicted molar refractivity (Wildman–Crippen MR) is 114 cm³/mol. The molecule has 5 rings (SSSR count). The molecule has 3 aromatic rings. The molecule has 2 N–H and O–H groups in total. The Morgan fingerprint density at radius 2 is 2.00 bits per heavy atom. The van der Waals surface area contributed by atoms with Crippen molar-refractivity contribution in [3.8, 4) is 0 Å². The normalized spacial score (nSPS) is 17.7. The highest BCUT2D eigenvalue weighted by atomic mass is 35.5. The van der Waals surface area contributed by atoms with Crippen molar-refractivity contribution in [3.63, 3.8) is 0 Å². The van der Waals surface area contributed by atoms with Gasteiger partial charge in [0.15, 0.2) is 0 Å². The van der Waals surface area contributed by atoms with Gasteiger partial charge in [-0.25, -0.2) is 15.4 Å². The molecule has 2 saturated heterocycles. The van der Waals surface area contributed by atoms with Crippen molar-refractivity contribution in [1.29, 1.82) is 0 Å². The number of carbonyl (C=O) groups is 1. The van der Waals surface area contributed by atoms with Gasteiger partial charge in [0.2, 0.25) is 5.95 Å². The van der Waals surface area contributed by atoms with Gasteiger partial charge in [-0.05, 0) is 18.1 Å². The predicted octanol–water partition coefficient (Wildman–Crippen LogP) is 1.62. The molecule has 2 aliphatic rings. The molecule has 158 valence electrons. The Morgan fingerprint density at radius 1 is 1.23 bits per heavy atom. The zero-order valence-electron chi connectivity index (χ0n) is 16.7. The van der Waals surface area contributed by atoms with Gasteiger partial charge in [0, 0.05) is 81.6 Å². The fourth-order valence-corrected chi connectivity index (χ4v) is 4.73. The molecule has 30 heavy (non-hydrogen) atoms. The first-order valence-corrected chi connectivity index (χ1v) is 9.69. The van der Waals surface area contributed by atoms with Crippen LogP contribution in [-0.4, -0.2) is 61.7 Å². The highest BCUT2D eigenvalue weighted by Gasteiger charge is 2.48. The van der Waals surface area contributed by atoms with Gasteiger partial charge in [0.05, 0.1) is 11.1 Å². The average Bonchev–Trinajstić information content (AvgIpc) is 3.30. The maximum absolute atomic E-state index is 11.4. The van der Waals surface area contributed by atoms with E-state index in [0.717, 1.165) is 39.1 Å². The number of carbonyl (C=O) groups excluding carboxylic acids is 1. The summed E-state index contributed by atoms with van der Waals surface area (Å²) in [4.78, 5) is 29.0. The van der Waals surface area contributed by atoms with Gasteiger partial charge in [0.1, 0.15) is 0 Å². The molecule has 0 atom stereocenters. The molecule has 2 aliphatic heterocycles. The lowest BCUT2D eigenvalue weighted by atomic mass is 9.79. The number of amides is 1. The number of hydroxylamine groups is 1.